The van der Waals surface area contributed by atoms with Gasteiger partial charge in [-0.1, -0.05) is 0 Å². The Kier molecular flexibility index (Phi) is 4.43. The van der Waals surface area contributed by atoms with Crippen molar-refractivity contribution in [2.24, 2.45) is 0 Å². The number of nitriles is 1. The lowest BCUT2D eigenvalue weighted by molar-refractivity contribution is 0.102. The fourth-order valence-electron chi connectivity index (χ4n) is 2.82. The molecule has 0 aliphatic carbocycles. The molecule has 1 aliphatic rings. The van der Waals surface area contributed by atoms with Crippen molar-refractivity contribution < 1.29 is 4.79 Å². The van der Waals surface area contributed by atoms with Crippen LogP contribution in [-0.4, -0.2) is 29.0 Å². The lowest BCUT2D eigenvalue weighted by Gasteiger charge is -2.18. The Hall–Kier alpha value is -2.94. The number of nitrogens with zero attached hydrogens (tertiary/aromatic N) is 4. The number of hydrogen-bond acceptors (Lipinski definition) is 5. The van der Waals surface area contributed by atoms with Crippen molar-refractivity contribution in [2.75, 3.05) is 23.3 Å². The summed E-state index contributed by atoms with van der Waals surface area (Å²) in [5, 5.41) is 11.7. The van der Waals surface area contributed by atoms with E-state index in [0.717, 1.165) is 30.4 Å². The van der Waals surface area contributed by atoms with Crippen LogP contribution in [0.5, 0.6) is 0 Å². The Balaban J connectivity index is 1.81. The van der Waals surface area contributed by atoms with Crippen LogP contribution >= 0.6 is 0 Å². The van der Waals surface area contributed by atoms with Crippen LogP contribution in [0.25, 0.3) is 0 Å². The van der Waals surface area contributed by atoms with Crippen molar-refractivity contribution in [3.63, 3.8) is 0 Å². The number of nitrogens with one attached hydrogen (secondary N) is 1. The van der Waals surface area contributed by atoms with Crippen LogP contribution in [-0.2, 0) is 0 Å². The third kappa shape index (κ3) is 3.20. The van der Waals surface area contributed by atoms with Gasteiger partial charge in [-0.2, -0.15) is 5.26 Å². The number of hydrogen-bond donors (Lipinski definition) is 1. The van der Waals surface area contributed by atoms with E-state index < -0.39 is 0 Å². The van der Waals surface area contributed by atoms with E-state index >= 15 is 0 Å². The van der Waals surface area contributed by atoms with Gasteiger partial charge < -0.3 is 10.2 Å². The minimum absolute atomic E-state index is 0.233. The molecule has 1 saturated heterocycles. The molecule has 24 heavy (non-hydrogen) atoms. The Morgan fingerprint density at radius 2 is 1.71 bits per heavy atom. The fraction of sp³-hybridized carbons (Fsp3) is 0.333. The highest BCUT2D eigenvalue weighted by molar-refractivity contribution is 6.04. The van der Waals surface area contributed by atoms with Gasteiger partial charge in [-0.3, -0.25) is 4.79 Å². The number of carbonyl (C=O) groups is 1. The molecule has 1 fully saturated rings. The second-order valence-corrected chi connectivity index (χ2v) is 5.91. The van der Waals surface area contributed by atoms with Crippen LogP contribution in [0.4, 0.5) is 11.6 Å². The smallest absolute Gasteiger partial charge is 0.255 e. The minimum Gasteiger partial charge on any atom is -0.341 e. The standard InChI is InChI=1S/C18H19N5O/c1-12-16(13(2)21-18(20-12)23-9-3-4-10-23)22-17(24)15-7-5-14(11-19)6-8-15/h5-8H,3-4,9-10H2,1-2H3,(H,22,24). The van der Waals surface area contributed by atoms with Crippen LogP contribution in [0.2, 0.25) is 0 Å². The first kappa shape index (κ1) is 15.9. The molecule has 2 heterocycles. The zero-order valence-corrected chi connectivity index (χ0v) is 13.8. The molecular weight excluding hydrogens is 302 g/mol. The number of aryl methyl sites for hydroxylation is 2. The van der Waals surface area contributed by atoms with Gasteiger partial charge in [0.1, 0.15) is 0 Å². The highest BCUT2D eigenvalue weighted by atomic mass is 16.1. The van der Waals surface area contributed by atoms with Gasteiger partial charge in [-0.15, -0.1) is 0 Å². The quantitative estimate of drug-likeness (QED) is 0.940. The maximum Gasteiger partial charge on any atom is 0.255 e. The molecule has 1 aromatic carbocycles. The Morgan fingerprint density at radius 1 is 1.12 bits per heavy atom. The van der Waals surface area contributed by atoms with E-state index in [1.54, 1.807) is 24.3 Å². The van der Waals surface area contributed by atoms with E-state index in [0.29, 0.717) is 16.8 Å². The Bertz CT molecular complexity index is 778. The Morgan fingerprint density at radius 3 is 2.25 bits per heavy atom. The maximum absolute atomic E-state index is 12.4. The van der Waals surface area contributed by atoms with Crippen LogP contribution in [0, 0.1) is 25.2 Å². The first-order valence-electron chi connectivity index (χ1n) is 8.00. The van der Waals surface area contributed by atoms with E-state index in [2.05, 4.69) is 20.2 Å². The molecule has 3 rings (SSSR count). The lowest BCUT2D eigenvalue weighted by Crippen LogP contribution is -2.22. The molecule has 0 radical (unpaired) electrons. The van der Waals surface area contributed by atoms with Gasteiger partial charge in [0.15, 0.2) is 0 Å². The van der Waals surface area contributed by atoms with Crippen molar-refractivity contribution in [3.8, 4) is 6.07 Å². The molecule has 6 heteroatoms. The van der Waals surface area contributed by atoms with E-state index in [-0.39, 0.29) is 5.91 Å². The van der Waals surface area contributed by atoms with E-state index in [9.17, 15) is 4.79 Å². The fourth-order valence-corrected chi connectivity index (χ4v) is 2.82. The molecule has 0 unspecified atom stereocenters. The van der Waals surface area contributed by atoms with Gasteiger partial charge in [0.25, 0.3) is 5.91 Å². The highest BCUT2D eigenvalue weighted by Gasteiger charge is 2.18. The topological polar surface area (TPSA) is 81.9 Å². The largest absolute Gasteiger partial charge is 0.341 e. The second kappa shape index (κ2) is 6.67. The van der Waals surface area contributed by atoms with Gasteiger partial charge in [-0.25, -0.2) is 9.97 Å². The molecule has 0 spiro atoms. The van der Waals surface area contributed by atoms with Crippen molar-refractivity contribution in [2.45, 2.75) is 26.7 Å². The third-order valence-electron chi connectivity index (χ3n) is 4.16. The van der Waals surface area contributed by atoms with Crippen LogP contribution in [0.3, 0.4) is 0 Å². The molecule has 1 aliphatic heterocycles. The van der Waals surface area contributed by atoms with Crippen LogP contribution in [0.15, 0.2) is 24.3 Å². The highest BCUT2D eigenvalue weighted by Crippen LogP contribution is 2.23. The van der Waals surface area contributed by atoms with E-state index in [1.165, 1.54) is 12.8 Å². The van der Waals surface area contributed by atoms with E-state index in [1.807, 2.05) is 19.9 Å². The molecule has 0 atom stereocenters. The van der Waals surface area contributed by atoms with Gasteiger partial charge in [0.2, 0.25) is 5.95 Å². The summed E-state index contributed by atoms with van der Waals surface area (Å²) >= 11 is 0. The molecule has 1 aromatic heterocycles. The number of aromatic nitrogens is 2. The summed E-state index contributed by atoms with van der Waals surface area (Å²) in [7, 11) is 0. The summed E-state index contributed by atoms with van der Waals surface area (Å²) in [6, 6.07) is 8.56. The molecular formula is C18H19N5O. The number of carbonyl (C=O) groups excluding carboxylic acids is 1. The molecule has 0 bridgehead atoms. The van der Waals surface area contributed by atoms with Gasteiger partial charge in [0.05, 0.1) is 28.7 Å². The number of benzene rings is 1. The number of amides is 1. The monoisotopic (exact) mass is 321 g/mol. The summed E-state index contributed by atoms with van der Waals surface area (Å²) in [5.41, 5.74) is 3.18. The summed E-state index contributed by atoms with van der Waals surface area (Å²) in [5.74, 6) is 0.502. The molecule has 0 saturated carbocycles. The summed E-state index contributed by atoms with van der Waals surface area (Å²) in [6.45, 7) is 5.72. The summed E-state index contributed by atoms with van der Waals surface area (Å²) < 4.78 is 0. The van der Waals surface area contributed by atoms with Gasteiger partial charge in [-0.05, 0) is 51.0 Å². The molecule has 6 nitrogen and oxygen atoms in total. The predicted octanol–water partition coefficient (Wildman–Crippen LogP) is 2.82. The average Bonchev–Trinajstić information content (AvgIpc) is 3.12. The average molecular weight is 321 g/mol. The number of rotatable bonds is 3. The first-order valence-corrected chi connectivity index (χ1v) is 8.00. The van der Waals surface area contributed by atoms with Gasteiger partial charge >= 0.3 is 0 Å². The Labute approximate surface area is 141 Å². The molecule has 2 aromatic rings. The van der Waals surface area contributed by atoms with Crippen LogP contribution < -0.4 is 10.2 Å². The van der Waals surface area contributed by atoms with Gasteiger partial charge in [0, 0.05) is 18.7 Å². The summed E-state index contributed by atoms with van der Waals surface area (Å²) in [6.07, 6.45) is 2.33. The van der Waals surface area contributed by atoms with Crippen molar-refractivity contribution in [1.82, 2.24) is 9.97 Å². The van der Waals surface area contributed by atoms with Crippen molar-refractivity contribution in [1.29, 1.82) is 5.26 Å². The number of anilines is 2. The van der Waals surface area contributed by atoms with Crippen molar-refractivity contribution in [3.05, 3.63) is 46.8 Å². The second-order valence-electron chi connectivity index (χ2n) is 5.91. The SMILES string of the molecule is Cc1nc(N2CCCC2)nc(C)c1NC(=O)c1ccc(C#N)cc1. The molecule has 1 amide bonds. The maximum atomic E-state index is 12.4. The predicted molar refractivity (Wildman–Crippen MR) is 92.1 cm³/mol. The third-order valence-corrected chi connectivity index (χ3v) is 4.16. The minimum atomic E-state index is -0.233. The first-order chi connectivity index (χ1) is 11.6. The zero-order chi connectivity index (χ0) is 17.1. The normalized spacial score (nSPS) is 13.6. The molecule has 1 N–H and O–H groups in total. The van der Waals surface area contributed by atoms with E-state index in [4.69, 9.17) is 5.26 Å². The molecule has 122 valence electrons. The summed E-state index contributed by atoms with van der Waals surface area (Å²) in [4.78, 5) is 23.7. The van der Waals surface area contributed by atoms with Crippen molar-refractivity contribution >= 4 is 17.5 Å². The van der Waals surface area contributed by atoms with Crippen LogP contribution in [0.1, 0.15) is 40.2 Å². The lowest BCUT2D eigenvalue weighted by atomic mass is 10.1. The zero-order valence-electron chi connectivity index (χ0n) is 13.8.